The second-order valence-corrected chi connectivity index (χ2v) is 9.43. The molecule has 0 saturated carbocycles. The average molecular weight is 464 g/mol. The number of nitriles is 1. The summed E-state index contributed by atoms with van der Waals surface area (Å²) in [6, 6.07) is 19.4. The Morgan fingerprint density at radius 1 is 1.03 bits per heavy atom. The van der Waals surface area contributed by atoms with Crippen molar-refractivity contribution in [3.05, 3.63) is 95.8 Å². The fraction of sp³-hybridized carbons (Fsp3) is 0.241. The topological polar surface area (TPSA) is 49.8 Å². The molecule has 1 fully saturated rings. The van der Waals surface area contributed by atoms with Gasteiger partial charge in [0.25, 0.3) is 0 Å². The Labute approximate surface area is 203 Å². The Hall–Kier alpha value is -3.95. The summed E-state index contributed by atoms with van der Waals surface area (Å²) in [6.45, 7) is 4.76. The molecule has 6 heteroatoms. The van der Waals surface area contributed by atoms with Crippen LogP contribution in [0.2, 0.25) is 0 Å². The molecule has 0 unspecified atom stereocenters. The lowest BCUT2D eigenvalue weighted by Gasteiger charge is -2.32. The van der Waals surface area contributed by atoms with E-state index >= 15 is 0 Å². The third-order valence-electron chi connectivity index (χ3n) is 7.39. The number of pyridine rings is 1. The van der Waals surface area contributed by atoms with Crippen LogP contribution < -0.4 is 0 Å². The van der Waals surface area contributed by atoms with Gasteiger partial charge in [0.05, 0.1) is 23.9 Å². The number of benzene rings is 2. The van der Waals surface area contributed by atoms with Crippen LogP contribution in [0.25, 0.3) is 27.5 Å². The molecule has 0 bridgehead atoms. The molecule has 0 aliphatic carbocycles. The molecule has 1 aliphatic heterocycles. The lowest BCUT2D eigenvalue weighted by atomic mass is 9.89. The Morgan fingerprint density at radius 2 is 1.83 bits per heavy atom. The summed E-state index contributed by atoms with van der Waals surface area (Å²) >= 11 is 0. The first kappa shape index (κ1) is 21.6. The Morgan fingerprint density at radius 3 is 2.60 bits per heavy atom. The third kappa shape index (κ3) is 3.78. The van der Waals surface area contributed by atoms with E-state index in [9.17, 15) is 9.65 Å². The van der Waals surface area contributed by atoms with Crippen molar-refractivity contribution in [1.29, 1.82) is 5.26 Å². The van der Waals surface area contributed by atoms with Crippen molar-refractivity contribution in [1.82, 2.24) is 19.0 Å². The van der Waals surface area contributed by atoms with Crippen LogP contribution in [-0.4, -0.2) is 32.1 Å². The van der Waals surface area contributed by atoms with Crippen LogP contribution >= 0.6 is 0 Å². The lowest BCUT2D eigenvalue weighted by Crippen LogP contribution is -2.34. The van der Waals surface area contributed by atoms with E-state index in [2.05, 4.69) is 62.5 Å². The van der Waals surface area contributed by atoms with Gasteiger partial charge in [0.2, 0.25) is 0 Å². The molecule has 0 radical (unpaired) electrons. The number of fused-ring (bicyclic) bond motifs is 2. The molecule has 6 rings (SSSR count). The van der Waals surface area contributed by atoms with Gasteiger partial charge in [-0.15, -0.1) is 0 Å². The van der Waals surface area contributed by atoms with Crippen LogP contribution in [0, 0.1) is 24.1 Å². The minimum atomic E-state index is -0.235. The van der Waals surface area contributed by atoms with Crippen molar-refractivity contribution in [3.63, 3.8) is 0 Å². The molecular weight excluding hydrogens is 437 g/mol. The summed E-state index contributed by atoms with van der Waals surface area (Å²) in [5, 5.41) is 12.1. The molecule has 3 aromatic heterocycles. The van der Waals surface area contributed by atoms with Gasteiger partial charge in [-0.25, -0.2) is 4.39 Å². The van der Waals surface area contributed by atoms with Crippen molar-refractivity contribution < 1.29 is 4.39 Å². The van der Waals surface area contributed by atoms with Crippen molar-refractivity contribution in [2.75, 3.05) is 13.1 Å². The normalized spacial score (nSPS) is 15.1. The summed E-state index contributed by atoms with van der Waals surface area (Å²) in [7, 11) is 0. The van der Waals surface area contributed by atoms with E-state index in [-0.39, 0.29) is 5.82 Å². The SMILES string of the molecule is Cc1cccc2c1cc(C#N)n2CN1CCC(c2cn(-c3ccc(F)cc3)c3cnccc23)CC1. The van der Waals surface area contributed by atoms with E-state index in [0.29, 0.717) is 11.6 Å². The molecule has 174 valence electrons. The summed E-state index contributed by atoms with van der Waals surface area (Å²) in [6.07, 6.45) is 8.03. The van der Waals surface area contributed by atoms with Gasteiger partial charge < -0.3 is 9.13 Å². The maximum atomic E-state index is 13.5. The maximum Gasteiger partial charge on any atom is 0.123 e. The predicted molar refractivity (Wildman–Crippen MR) is 136 cm³/mol. The van der Waals surface area contributed by atoms with Crippen LogP contribution in [0.4, 0.5) is 4.39 Å². The second kappa shape index (κ2) is 8.68. The zero-order valence-electron chi connectivity index (χ0n) is 19.7. The van der Waals surface area contributed by atoms with Gasteiger partial charge >= 0.3 is 0 Å². The lowest BCUT2D eigenvalue weighted by molar-refractivity contribution is 0.172. The molecule has 0 spiro atoms. The molecule has 1 saturated heterocycles. The highest BCUT2D eigenvalue weighted by atomic mass is 19.1. The fourth-order valence-electron chi connectivity index (χ4n) is 5.50. The zero-order valence-corrected chi connectivity index (χ0v) is 19.7. The highest BCUT2D eigenvalue weighted by Gasteiger charge is 2.25. The van der Waals surface area contributed by atoms with Crippen LogP contribution in [0.1, 0.15) is 35.6 Å². The second-order valence-electron chi connectivity index (χ2n) is 9.43. The molecule has 1 aliphatic rings. The van der Waals surface area contributed by atoms with Crippen molar-refractivity contribution in [2.24, 2.45) is 0 Å². The minimum Gasteiger partial charge on any atom is -0.319 e. The molecule has 0 atom stereocenters. The van der Waals surface area contributed by atoms with Crippen LogP contribution in [0.3, 0.4) is 0 Å². The number of piperidine rings is 1. The maximum absolute atomic E-state index is 13.5. The van der Waals surface area contributed by atoms with Gasteiger partial charge in [-0.1, -0.05) is 12.1 Å². The van der Waals surface area contributed by atoms with Crippen molar-refractivity contribution >= 4 is 21.8 Å². The number of aromatic nitrogens is 3. The Balaban J connectivity index is 1.25. The molecular formula is C29H26FN5. The largest absolute Gasteiger partial charge is 0.319 e. The number of hydrogen-bond acceptors (Lipinski definition) is 3. The Kier molecular flexibility index (Phi) is 5.35. The van der Waals surface area contributed by atoms with E-state index in [0.717, 1.165) is 54.7 Å². The molecule has 4 heterocycles. The minimum absolute atomic E-state index is 0.235. The van der Waals surface area contributed by atoms with Gasteiger partial charge in [-0.3, -0.25) is 9.88 Å². The van der Waals surface area contributed by atoms with E-state index in [1.54, 1.807) is 0 Å². The quantitative estimate of drug-likeness (QED) is 0.322. The number of halogens is 1. The Bertz CT molecular complexity index is 1560. The summed E-state index contributed by atoms with van der Waals surface area (Å²) in [5.74, 6) is 0.207. The van der Waals surface area contributed by atoms with E-state index in [4.69, 9.17) is 0 Å². The molecule has 0 N–H and O–H groups in total. The number of rotatable bonds is 4. The number of hydrogen-bond donors (Lipinski definition) is 0. The molecule has 35 heavy (non-hydrogen) atoms. The average Bonchev–Trinajstić information content (AvgIpc) is 3.45. The first-order valence-electron chi connectivity index (χ1n) is 12.0. The van der Waals surface area contributed by atoms with E-state index in [1.807, 2.05) is 30.6 Å². The van der Waals surface area contributed by atoms with Gasteiger partial charge in [0, 0.05) is 41.9 Å². The van der Waals surface area contributed by atoms with Crippen molar-refractivity contribution in [2.45, 2.75) is 32.4 Å². The van der Waals surface area contributed by atoms with E-state index in [1.165, 1.54) is 28.6 Å². The molecule has 0 amide bonds. The number of aryl methyl sites for hydroxylation is 1. The molecule has 5 nitrogen and oxygen atoms in total. The van der Waals surface area contributed by atoms with Gasteiger partial charge in [-0.05, 0) is 79.3 Å². The van der Waals surface area contributed by atoms with Gasteiger partial charge in [0.1, 0.15) is 17.6 Å². The standard InChI is InChI=1S/C29H26FN5/c1-20-3-2-4-28-26(20)15-24(16-31)35(28)19-33-13-10-21(11-14-33)27-18-34(23-7-5-22(30)6-8-23)29-17-32-12-9-25(27)29/h2-9,12,15,17-18,21H,10-11,13-14,19H2,1H3. The first-order chi connectivity index (χ1) is 17.1. The smallest absolute Gasteiger partial charge is 0.123 e. The van der Waals surface area contributed by atoms with Gasteiger partial charge in [0.15, 0.2) is 0 Å². The number of nitrogens with zero attached hydrogens (tertiary/aromatic N) is 5. The van der Waals surface area contributed by atoms with Crippen LogP contribution in [-0.2, 0) is 6.67 Å². The predicted octanol–water partition coefficient (Wildman–Crippen LogP) is 6.14. The fourth-order valence-corrected chi connectivity index (χ4v) is 5.50. The molecule has 5 aromatic rings. The summed E-state index contributed by atoms with van der Waals surface area (Å²) in [5.41, 5.74) is 6.34. The summed E-state index contributed by atoms with van der Waals surface area (Å²) < 4.78 is 17.8. The van der Waals surface area contributed by atoms with Crippen LogP contribution in [0.15, 0.2) is 73.2 Å². The highest BCUT2D eigenvalue weighted by Crippen LogP contribution is 2.36. The monoisotopic (exact) mass is 463 g/mol. The van der Waals surface area contributed by atoms with Gasteiger partial charge in [-0.2, -0.15) is 5.26 Å². The highest BCUT2D eigenvalue weighted by molar-refractivity contribution is 5.86. The zero-order chi connectivity index (χ0) is 23.9. The molecule has 2 aromatic carbocycles. The van der Waals surface area contributed by atoms with Crippen molar-refractivity contribution in [3.8, 4) is 11.8 Å². The van der Waals surface area contributed by atoms with Crippen LogP contribution in [0.5, 0.6) is 0 Å². The van der Waals surface area contributed by atoms with E-state index < -0.39 is 0 Å². The number of likely N-dealkylation sites (tertiary alicyclic amines) is 1. The third-order valence-corrected chi connectivity index (χ3v) is 7.39. The summed E-state index contributed by atoms with van der Waals surface area (Å²) in [4.78, 5) is 6.79. The first-order valence-corrected chi connectivity index (χ1v) is 12.0.